The average molecular weight is 379 g/mol. The number of nitrogens with zero attached hydrogens (tertiary/aromatic N) is 1. The van der Waals surface area contributed by atoms with Gasteiger partial charge in [0, 0.05) is 12.2 Å². The first kappa shape index (κ1) is 20.8. The molecular formula is C22H25N3O3. The number of nitriles is 1. The number of amides is 1. The second-order valence-electron chi connectivity index (χ2n) is 6.28. The van der Waals surface area contributed by atoms with Crippen LogP contribution in [0.1, 0.15) is 37.1 Å². The fourth-order valence-corrected chi connectivity index (χ4v) is 2.67. The molecule has 2 rings (SSSR count). The third-order valence-electron chi connectivity index (χ3n) is 4.40. The van der Waals surface area contributed by atoms with Gasteiger partial charge in [0.15, 0.2) is 11.5 Å². The van der Waals surface area contributed by atoms with E-state index in [1.165, 1.54) is 6.20 Å². The van der Waals surface area contributed by atoms with E-state index in [1.807, 2.05) is 68.4 Å². The van der Waals surface area contributed by atoms with Gasteiger partial charge in [0.2, 0.25) is 0 Å². The van der Waals surface area contributed by atoms with Gasteiger partial charge in [-0.05, 0) is 37.1 Å². The van der Waals surface area contributed by atoms with Gasteiger partial charge >= 0.3 is 0 Å². The van der Waals surface area contributed by atoms with Crippen molar-refractivity contribution in [3.05, 3.63) is 71.4 Å². The fraction of sp³-hybridized carbons (Fsp3) is 0.273. The number of rotatable bonds is 8. The van der Waals surface area contributed by atoms with E-state index < -0.39 is 5.91 Å². The second kappa shape index (κ2) is 10.0. The number of hydrogen-bond acceptors (Lipinski definition) is 5. The number of benzene rings is 2. The van der Waals surface area contributed by atoms with Gasteiger partial charge in [0.1, 0.15) is 11.6 Å². The number of hydrogen-bond donors (Lipinski definition) is 2. The van der Waals surface area contributed by atoms with E-state index in [0.717, 1.165) is 11.1 Å². The first-order chi connectivity index (χ1) is 13.5. The number of carbonyl (C=O) groups is 1. The number of nitrogens with one attached hydrogen (secondary N) is 2. The van der Waals surface area contributed by atoms with Crippen molar-refractivity contribution in [2.45, 2.75) is 25.9 Å². The molecule has 0 spiro atoms. The van der Waals surface area contributed by atoms with Crippen molar-refractivity contribution in [1.29, 1.82) is 5.26 Å². The number of methoxy groups -OCH3 is 2. The molecule has 6 heteroatoms. The maximum atomic E-state index is 12.4. The molecule has 0 aliphatic rings. The van der Waals surface area contributed by atoms with Crippen molar-refractivity contribution in [2.24, 2.45) is 0 Å². The monoisotopic (exact) mass is 379 g/mol. The number of carbonyl (C=O) groups excluding carboxylic acids is 1. The highest BCUT2D eigenvalue weighted by atomic mass is 16.5. The van der Waals surface area contributed by atoms with Gasteiger partial charge < -0.3 is 20.1 Å². The average Bonchev–Trinajstić information content (AvgIpc) is 2.73. The molecule has 0 radical (unpaired) electrons. The van der Waals surface area contributed by atoms with E-state index in [4.69, 9.17) is 9.47 Å². The minimum atomic E-state index is -0.425. The molecule has 1 amide bonds. The summed E-state index contributed by atoms with van der Waals surface area (Å²) in [7, 11) is 3.15. The molecule has 0 bridgehead atoms. The molecule has 6 nitrogen and oxygen atoms in total. The molecular weight excluding hydrogens is 354 g/mol. The van der Waals surface area contributed by atoms with E-state index >= 15 is 0 Å². The maximum absolute atomic E-state index is 12.4. The van der Waals surface area contributed by atoms with Crippen LogP contribution < -0.4 is 20.1 Å². The highest BCUT2D eigenvalue weighted by Gasteiger charge is 2.15. The summed E-state index contributed by atoms with van der Waals surface area (Å²) in [4.78, 5) is 12.4. The SMILES string of the molecule is COc1ccc(C(C)N/C=C(/C#N)C(=O)NC(C)c2ccccc2)cc1OC. The molecule has 0 saturated heterocycles. The van der Waals surface area contributed by atoms with Crippen LogP contribution in [0, 0.1) is 11.3 Å². The molecule has 2 unspecified atom stereocenters. The highest BCUT2D eigenvalue weighted by Crippen LogP contribution is 2.29. The lowest BCUT2D eigenvalue weighted by molar-refractivity contribution is -0.117. The molecule has 0 aromatic heterocycles. The largest absolute Gasteiger partial charge is 0.493 e. The predicted octanol–water partition coefficient (Wildman–Crippen LogP) is 3.64. The first-order valence-electron chi connectivity index (χ1n) is 8.94. The van der Waals surface area contributed by atoms with Crippen molar-refractivity contribution in [3.63, 3.8) is 0 Å². The Hall–Kier alpha value is -3.46. The minimum absolute atomic E-state index is 0.00936. The van der Waals surface area contributed by atoms with Crippen LogP contribution in [-0.2, 0) is 4.79 Å². The molecule has 0 aliphatic carbocycles. The fourth-order valence-electron chi connectivity index (χ4n) is 2.67. The molecule has 0 aliphatic heterocycles. The smallest absolute Gasteiger partial charge is 0.263 e. The van der Waals surface area contributed by atoms with Crippen LogP contribution in [0.25, 0.3) is 0 Å². The van der Waals surface area contributed by atoms with E-state index in [9.17, 15) is 10.1 Å². The summed E-state index contributed by atoms with van der Waals surface area (Å²) >= 11 is 0. The summed E-state index contributed by atoms with van der Waals surface area (Å²) < 4.78 is 10.6. The Morgan fingerprint density at radius 2 is 1.68 bits per heavy atom. The van der Waals surface area contributed by atoms with E-state index in [0.29, 0.717) is 11.5 Å². The van der Waals surface area contributed by atoms with Gasteiger partial charge in [-0.25, -0.2) is 0 Å². The Labute approximate surface area is 165 Å². The topological polar surface area (TPSA) is 83.4 Å². The lowest BCUT2D eigenvalue weighted by Gasteiger charge is -2.16. The molecule has 146 valence electrons. The third-order valence-corrected chi connectivity index (χ3v) is 4.40. The molecule has 0 heterocycles. The maximum Gasteiger partial charge on any atom is 0.263 e. The molecule has 2 aromatic rings. The van der Waals surface area contributed by atoms with Crippen LogP contribution in [0.15, 0.2) is 60.3 Å². The van der Waals surface area contributed by atoms with Gasteiger partial charge in [0.25, 0.3) is 5.91 Å². The van der Waals surface area contributed by atoms with Gasteiger partial charge in [0.05, 0.1) is 20.3 Å². The Bertz CT molecular complexity index is 872. The van der Waals surface area contributed by atoms with Crippen molar-refractivity contribution in [3.8, 4) is 17.6 Å². The summed E-state index contributed by atoms with van der Waals surface area (Å²) in [5.41, 5.74) is 1.92. The van der Waals surface area contributed by atoms with Crippen molar-refractivity contribution < 1.29 is 14.3 Å². The lowest BCUT2D eigenvalue weighted by Crippen LogP contribution is -2.28. The quantitative estimate of drug-likeness (QED) is 0.540. The van der Waals surface area contributed by atoms with Crippen LogP contribution in [-0.4, -0.2) is 20.1 Å². The van der Waals surface area contributed by atoms with Gasteiger partial charge in [-0.15, -0.1) is 0 Å². The Balaban J connectivity index is 2.06. The van der Waals surface area contributed by atoms with Crippen molar-refractivity contribution in [2.75, 3.05) is 14.2 Å². The Morgan fingerprint density at radius 3 is 2.29 bits per heavy atom. The molecule has 0 fully saturated rings. The van der Waals surface area contributed by atoms with Gasteiger partial charge in [-0.3, -0.25) is 4.79 Å². The first-order valence-corrected chi connectivity index (χ1v) is 8.94. The van der Waals surface area contributed by atoms with Crippen LogP contribution >= 0.6 is 0 Å². The highest BCUT2D eigenvalue weighted by molar-refractivity contribution is 5.97. The summed E-state index contributed by atoms with van der Waals surface area (Å²) in [6.07, 6.45) is 1.44. The summed E-state index contributed by atoms with van der Waals surface area (Å²) in [6.45, 7) is 3.80. The lowest BCUT2D eigenvalue weighted by atomic mass is 10.1. The standard InChI is InChI=1S/C22H25N3O3/c1-15(18-10-11-20(27-3)21(12-18)28-4)24-14-19(13-23)22(26)25-16(2)17-8-6-5-7-9-17/h5-12,14-16,24H,1-4H3,(H,25,26)/b19-14-. The van der Waals surface area contributed by atoms with Crippen molar-refractivity contribution >= 4 is 5.91 Å². The normalized spacial score (nSPS) is 13.0. The summed E-state index contributed by atoms with van der Waals surface area (Å²) in [6, 6.07) is 16.8. The molecule has 2 N–H and O–H groups in total. The Kier molecular flexibility index (Phi) is 7.46. The van der Waals surface area contributed by atoms with Gasteiger partial charge in [-0.1, -0.05) is 36.4 Å². The summed E-state index contributed by atoms with van der Waals surface area (Å²) in [5, 5.41) is 15.3. The second-order valence-corrected chi connectivity index (χ2v) is 6.28. The van der Waals surface area contributed by atoms with Crippen LogP contribution in [0.5, 0.6) is 11.5 Å². The third kappa shape index (κ3) is 5.27. The molecule has 2 atom stereocenters. The van der Waals surface area contributed by atoms with Crippen LogP contribution in [0.3, 0.4) is 0 Å². The minimum Gasteiger partial charge on any atom is -0.493 e. The van der Waals surface area contributed by atoms with E-state index in [1.54, 1.807) is 14.2 Å². The van der Waals surface area contributed by atoms with Crippen molar-refractivity contribution in [1.82, 2.24) is 10.6 Å². The van der Waals surface area contributed by atoms with Crippen LogP contribution in [0.2, 0.25) is 0 Å². The number of ether oxygens (including phenoxy) is 2. The zero-order valence-electron chi connectivity index (χ0n) is 16.5. The van der Waals surface area contributed by atoms with E-state index in [2.05, 4.69) is 10.6 Å². The van der Waals surface area contributed by atoms with Crippen LogP contribution in [0.4, 0.5) is 0 Å². The zero-order valence-corrected chi connectivity index (χ0v) is 16.5. The Morgan fingerprint density at radius 1 is 1.00 bits per heavy atom. The molecule has 2 aromatic carbocycles. The molecule has 0 saturated carbocycles. The van der Waals surface area contributed by atoms with Gasteiger partial charge in [-0.2, -0.15) is 5.26 Å². The summed E-state index contributed by atoms with van der Waals surface area (Å²) in [5.74, 6) is 0.833. The zero-order chi connectivity index (χ0) is 20.5. The predicted molar refractivity (Wildman–Crippen MR) is 108 cm³/mol. The van der Waals surface area contributed by atoms with E-state index in [-0.39, 0.29) is 17.7 Å². The molecule has 28 heavy (non-hydrogen) atoms.